The van der Waals surface area contributed by atoms with Crippen LogP contribution in [-0.2, 0) is 19.6 Å². The molecule has 150 valence electrons. The third-order valence-corrected chi connectivity index (χ3v) is 4.07. The number of hydrogen-bond acceptors (Lipinski definition) is 5. The Bertz CT molecular complexity index is 792. The van der Waals surface area contributed by atoms with Crippen LogP contribution in [0.2, 0.25) is 0 Å². The van der Waals surface area contributed by atoms with Gasteiger partial charge in [-0.05, 0) is 31.0 Å². The Labute approximate surface area is 158 Å². The summed E-state index contributed by atoms with van der Waals surface area (Å²) in [6.45, 7) is 1.70. The number of carboxylic acid groups (broad SMARTS) is 1. The molecule has 27 heavy (non-hydrogen) atoms. The summed E-state index contributed by atoms with van der Waals surface area (Å²) >= 11 is 0. The molecule has 9 nitrogen and oxygen atoms in total. The van der Waals surface area contributed by atoms with Crippen molar-refractivity contribution in [3.8, 4) is 0 Å². The van der Waals surface area contributed by atoms with Crippen molar-refractivity contribution in [3.05, 3.63) is 23.8 Å². The van der Waals surface area contributed by atoms with Gasteiger partial charge in [-0.25, -0.2) is 8.42 Å². The molecule has 0 aromatic heterocycles. The van der Waals surface area contributed by atoms with E-state index in [9.17, 15) is 22.8 Å². The van der Waals surface area contributed by atoms with E-state index in [1.165, 1.54) is 25.1 Å². The second-order valence-corrected chi connectivity index (χ2v) is 7.88. The molecule has 1 aromatic carbocycles. The van der Waals surface area contributed by atoms with Gasteiger partial charge in [-0.2, -0.15) is 0 Å². The minimum absolute atomic E-state index is 0.0950. The summed E-state index contributed by atoms with van der Waals surface area (Å²) < 4.78 is 25.3. The molecule has 0 fully saturated rings. The molecular weight excluding hydrogens is 374 g/mol. The predicted octanol–water partition coefficient (Wildman–Crippen LogP) is 1.78. The Morgan fingerprint density at radius 3 is 2.33 bits per heavy atom. The van der Waals surface area contributed by atoms with Gasteiger partial charge in [0.05, 0.1) is 17.5 Å². The predicted molar refractivity (Wildman–Crippen MR) is 102 cm³/mol. The van der Waals surface area contributed by atoms with E-state index in [0.717, 1.165) is 19.1 Å². The molecule has 0 aliphatic rings. The van der Waals surface area contributed by atoms with Gasteiger partial charge in [-0.3, -0.25) is 19.1 Å². The first kappa shape index (κ1) is 22.4. The van der Waals surface area contributed by atoms with Crippen molar-refractivity contribution in [2.45, 2.75) is 39.0 Å². The van der Waals surface area contributed by atoms with E-state index in [4.69, 9.17) is 5.11 Å². The highest BCUT2D eigenvalue weighted by Gasteiger charge is 2.15. The van der Waals surface area contributed by atoms with E-state index < -0.39 is 21.9 Å². The van der Waals surface area contributed by atoms with Crippen molar-refractivity contribution in [2.24, 2.45) is 0 Å². The number of carboxylic acids is 1. The molecule has 1 rings (SSSR count). The highest BCUT2D eigenvalue weighted by atomic mass is 32.2. The molecule has 0 bridgehead atoms. The first-order valence-electron chi connectivity index (χ1n) is 8.48. The number of hydrogen-bond donors (Lipinski definition) is 4. The molecule has 4 N–H and O–H groups in total. The third kappa shape index (κ3) is 9.59. The van der Waals surface area contributed by atoms with Crippen LogP contribution in [0.4, 0.5) is 11.4 Å². The topological polar surface area (TPSA) is 142 Å². The average molecular weight is 399 g/mol. The van der Waals surface area contributed by atoms with Crippen LogP contribution in [0.3, 0.4) is 0 Å². The number of rotatable bonds is 11. The van der Waals surface area contributed by atoms with Crippen LogP contribution in [0, 0.1) is 0 Å². The molecule has 0 saturated carbocycles. The van der Waals surface area contributed by atoms with Crippen LogP contribution >= 0.6 is 0 Å². The Kier molecular flexibility index (Phi) is 8.73. The van der Waals surface area contributed by atoms with Crippen LogP contribution in [0.15, 0.2) is 18.2 Å². The minimum Gasteiger partial charge on any atom is -0.481 e. The lowest BCUT2D eigenvalue weighted by molar-refractivity contribution is -0.137. The fourth-order valence-corrected chi connectivity index (χ4v) is 2.93. The minimum atomic E-state index is -3.58. The van der Waals surface area contributed by atoms with Crippen LogP contribution in [0.5, 0.6) is 0 Å². The third-order valence-electron chi connectivity index (χ3n) is 3.48. The first-order chi connectivity index (χ1) is 12.6. The lowest BCUT2D eigenvalue weighted by Gasteiger charge is -2.13. The molecule has 0 aliphatic heterocycles. The Morgan fingerprint density at radius 2 is 1.74 bits per heavy atom. The summed E-state index contributed by atoms with van der Waals surface area (Å²) in [6, 6.07) is 4.30. The Balaban J connectivity index is 2.71. The number of carbonyl (C=O) groups is 3. The zero-order valence-corrected chi connectivity index (χ0v) is 16.2. The summed E-state index contributed by atoms with van der Waals surface area (Å²) in [4.78, 5) is 34.0. The van der Waals surface area contributed by atoms with Crippen LogP contribution < -0.4 is 15.4 Å². The molecule has 1 aromatic rings. The lowest BCUT2D eigenvalue weighted by atomic mass is 10.1. The van der Waals surface area contributed by atoms with E-state index in [1.54, 1.807) is 0 Å². The zero-order chi connectivity index (χ0) is 20.4. The SMILES string of the molecule is CC(=O)Nc1ccc(NS(C)(=O)=O)c(C(=O)NCCCCCCC(=O)O)c1. The van der Waals surface area contributed by atoms with Crippen molar-refractivity contribution >= 4 is 39.2 Å². The van der Waals surface area contributed by atoms with Gasteiger partial charge in [0.1, 0.15) is 0 Å². The van der Waals surface area contributed by atoms with Gasteiger partial charge in [0.15, 0.2) is 0 Å². The molecule has 2 amide bonds. The maximum absolute atomic E-state index is 12.4. The normalized spacial score (nSPS) is 10.9. The van der Waals surface area contributed by atoms with Crippen molar-refractivity contribution < 1.29 is 27.9 Å². The van der Waals surface area contributed by atoms with Gasteiger partial charge in [0, 0.05) is 25.6 Å². The highest BCUT2D eigenvalue weighted by molar-refractivity contribution is 7.92. The van der Waals surface area contributed by atoms with E-state index in [1.807, 2.05) is 0 Å². The number of nitrogens with one attached hydrogen (secondary N) is 3. The largest absolute Gasteiger partial charge is 0.481 e. The standard InChI is InChI=1S/C17H25N3O6S/c1-12(21)19-13-8-9-15(20-27(2,25)26)14(11-13)17(24)18-10-6-4-3-5-7-16(22)23/h8-9,11,20H,3-7,10H2,1-2H3,(H,18,24)(H,19,21)(H,22,23). The Hall–Kier alpha value is -2.62. The fourth-order valence-electron chi connectivity index (χ4n) is 2.35. The summed E-state index contributed by atoms with van der Waals surface area (Å²) in [6.07, 6.45) is 3.89. The van der Waals surface area contributed by atoms with E-state index in [-0.39, 0.29) is 23.6 Å². The molecule has 0 saturated heterocycles. The van der Waals surface area contributed by atoms with Crippen molar-refractivity contribution in [3.63, 3.8) is 0 Å². The van der Waals surface area contributed by atoms with Crippen LogP contribution in [0.1, 0.15) is 49.4 Å². The van der Waals surface area contributed by atoms with Crippen molar-refractivity contribution in [2.75, 3.05) is 22.8 Å². The van der Waals surface area contributed by atoms with Crippen LogP contribution in [-0.4, -0.2) is 44.1 Å². The number of unbranched alkanes of at least 4 members (excludes halogenated alkanes) is 3. The number of anilines is 2. The van der Waals surface area contributed by atoms with E-state index >= 15 is 0 Å². The number of amides is 2. The van der Waals surface area contributed by atoms with Crippen molar-refractivity contribution in [1.29, 1.82) is 0 Å². The molecular formula is C17H25N3O6S. The van der Waals surface area contributed by atoms with Gasteiger partial charge in [-0.1, -0.05) is 12.8 Å². The van der Waals surface area contributed by atoms with E-state index in [0.29, 0.717) is 25.1 Å². The van der Waals surface area contributed by atoms with Crippen LogP contribution in [0.25, 0.3) is 0 Å². The molecule has 0 heterocycles. The summed E-state index contributed by atoms with van der Waals surface area (Å²) in [5.74, 6) is -1.61. The zero-order valence-electron chi connectivity index (χ0n) is 15.4. The second-order valence-electron chi connectivity index (χ2n) is 6.13. The van der Waals surface area contributed by atoms with Crippen molar-refractivity contribution in [1.82, 2.24) is 5.32 Å². The molecule has 0 atom stereocenters. The molecule has 0 radical (unpaired) electrons. The fraction of sp³-hybridized carbons (Fsp3) is 0.471. The van der Waals surface area contributed by atoms with Gasteiger partial charge in [0.2, 0.25) is 15.9 Å². The summed E-state index contributed by atoms with van der Waals surface area (Å²) in [5, 5.41) is 13.8. The number of carbonyl (C=O) groups excluding carboxylic acids is 2. The van der Waals surface area contributed by atoms with E-state index in [2.05, 4.69) is 15.4 Å². The first-order valence-corrected chi connectivity index (χ1v) is 10.4. The molecule has 0 aliphatic carbocycles. The summed E-state index contributed by atoms with van der Waals surface area (Å²) in [5.41, 5.74) is 0.587. The second kappa shape index (κ2) is 10.5. The molecule has 0 spiro atoms. The monoisotopic (exact) mass is 399 g/mol. The average Bonchev–Trinajstić information content (AvgIpc) is 2.53. The van der Waals surface area contributed by atoms with Gasteiger partial charge >= 0.3 is 5.97 Å². The number of benzene rings is 1. The lowest BCUT2D eigenvalue weighted by Crippen LogP contribution is -2.26. The molecule has 0 unspecified atom stereocenters. The maximum atomic E-state index is 12.4. The quantitative estimate of drug-likeness (QED) is 0.418. The van der Waals surface area contributed by atoms with Gasteiger partial charge in [-0.15, -0.1) is 0 Å². The number of sulfonamides is 1. The number of aliphatic carboxylic acids is 1. The molecule has 10 heteroatoms. The maximum Gasteiger partial charge on any atom is 0.303 e. The van der Waals surface area contributed by atoms with Gasteiger partial charge < -0.3 is 15.7 Å². The highest BCUT2D eigenvalue weighted by Crippen LogP contribution is 2.22. The van der Waals surface area contributed by atoms with Gasteiger partial charge in [0.25, 0.3) is 5.91 Å². The summed E-state index contributed by atoms with van der Waals surface area (Å²) in [7, 11) is -3.58. The Morgan fingerprint density at radius 1 is 1.07 bits per heavy atom. The smallest absolute Gasteiger partial charge is 0.303 e.